The lowest BCUT2D eigenvalue weighted by atomic mass is 9.82. The zero-order chi connectivity index (χ0) is 34.1. The molecule has 10 rings (SSSR count). The van der Waals surface area contributed by atoms with E-state index in [9.17, 15) is 0 Å². The van der Waals surface area contributed by atoms with Crippen LogP contribution in [-0.2, 0) is 5.41 Å². The summed E-state index contributed by atoms with van der Waals surface area (Å²) in [5.74, 6) is 4.73. The molecule has 0 radical (unpaired) electrons. The zero-order valence-corrected chi connectivity index (χ0v) is 28.1. The van der Waals surface area contributed by atoms with Gasteiger partial charge in [0.15, 0.2) is 40.5 Å². The summed E-state index contributed by atoms with van der Waals surface area (Å²) in [6.07, 6.45) is 0. The monoisotopic (exact) mass is 657 g/mol. The van der Waals surface area contributed by atoms with Crippen LogP contribution in [0.25, 0.3) is 67.2 Å². The summed E-state index contributed by atoms with van der Waals surface area (Å²) in [5.41, 5.74) is 9.63. The predicted molar refractivity (Wildman–Crippen MR) is 203 cm³/mol. The Labute approximate surface area is 295 Å². The number of aromatic nitrogens is 3. The molecule has 0 spiro atoms. The maximum absolute atomic E-state index is 6.69. The minimum Gasteiger partial charge on any atom is -0.449 e. The van der Waals surface area contributed by atoms with E-state index in [0.717, 1.165) is 50.1 Å². The average Bonchev–Trinajstić information content (AvgIpc) is 3.41. The van der Waals surface area contributed by atoms with Crippen LogP contribution in [0.2, 0.25) is 0 Å². The van der Waals surface area contributed by atoms with Gasteiger partial charge in [0.1, 0.15) is 0 Å². The summed E-state index contributed by atoms with van der Waals surface area (Å²) < 4.78 is 13.2. The highest BCUT2D eigenvalue weighted by Crippen LogP contribution is 2.56. The highest BCUT2D eigenvalue weighted by molar-refractivity contribution is 5.95. The van der Waals surface area contributed by atoms with E-state index < -0.39 is 0 Å². The molecule has 7 aromatic carbocycles. The Bertz CT molecular complexity index is 2660. The lowest BCUT2D eigenvalue weighted by Crippen LogP contribution is -2.15. The van der Waals surface area contributed by atoms with Gasteiger partial charge >= 0.3 is 0 Å². The van der Waals surface area contributed by atoms with Crippen molar-refractivity contribution in [3.63, 3.8) is 0 Å². The lowest BCUT2D eigenvalue weighted by Gasteiger charge is -2.26. The van der Waals surface area contributed by atoms with Gasteiger partial charge in [0, 0.05) is 27.7 Å². The van der Waals surface area contributed by atoms with Crippen molar-refractivity contribution in [3.8, 4) is 79.4 Å². The lowest BCUT2D eigenvalue weighted by molar-refractivity contribution is 0.360. The summed E-state index contributed by atoms with van der Waals surface area (Å²) in [6.45, 7) is 4.54. The molecule has 5 nitrogen and oxygen atoms in total. The van der Waals surface area contributed by atoms with Crippen molar-refractivity contribution in [3.05, 3.63) is 163 Å². The fraction of sp³-hybridized carbons (Fsp3) is 0.0652. The summed E-state index contributed by atoms with van der Waals surface area (Å²) >= 11 is 0. The highest BCUT2D eigenvalue weighted by atomic mass is 16.6. The molecule has 0 saturated heterocycles. The number of rotatable bonds is 4. The van der Waals surface area contributed by atoms with E-state index in [4.69, 9.17) is 24.4 Å². The third-order valence-electron chi connectivity index (χ3n) is 10.2. The molecule has 5 heteroatoms. The predicted octanol–water partition coefficient (Wildman–Crippen LogP) is 11.9. The van der Waals surface area contributed by atoms with Crippen LogP contribution < -0.4 is 9.47 Å². The SMILES string of the molecule is CC1(C)c2ccccc2-c2cc3c(cc21)Oc1cccc(-c2ccc(-c4nc(-c5ccccc5)nc(-c5cccc6ccccc56)n4)cc2)c1O3. The number of ether oxygens (including phenoxy) is 2. The Hall–Kier alpha value is -6.59. The Balaban J connectivity index is 1.03. The molecule has 1 aliphatic carbocycles. The van der Waals surface area contributed by atoms with E-state index >= 15 is 0 Å². The van der Waals surface area contributed by atoms with Gasteiger partial charge in [-0.15, -0.1) is 0 Å². The highest BCUT2D eigenvalue weighted by Gasteiger charge is 2.37. The first kappa shape index (κ1) is 29.3. The maximum Gasteiger partial charge on any atom is 0.177 e. The van der Waals surface area contributed by atoms with Crippen LogP contribution in [0.1, 0.15) is 25.0 Å². The third-order valence-corrected chi connectivity index (χ3v) is 10.2. The van der Waals surface area contributed by atoms with Crippen molar-refractivity contribution < 1.29 is 9.47 Å². The zero-order valence-electron chi connectivity index (χ0n) is 28.1. The number of hydrogen-bond donors (Lipinski definition) is 0. The van der Waals surface area contributed by atoms with Crippen molar-refractivity contribution in [2.75, 3.05) is 0 Å². The van der Waals surface area contributed by atoms with E-state index in [1.54, 1.807) is 0 Å². The standard InChI is InChI=1S/C46H31N3O2/c1-46(2)37-20-9-8-17-34(37)36-26-40-41(27-38(36)46)50-39-21-11-18-33(42(39)51-40)29-22-24-31(25-23-29)44-47-43(30-13-4-3-5-14-30)48-45(49-44)35-19-10-15-28-12-6-7-16-32(28)35/h3-27H,1-2H3. The second-order valence-corrected chi connectivity index (χ2v) is 13.6. The summed E-state index contributed by atoms with van der Waals surface area (Å²) in [6, 6.07) is 51.9. The fourth-order valence-electron chi connectivity index (χ4n) is 7.59. The molecule has 51 heavy (non-hydrogen) atoms. The fourth-order valence-corrected chi connectivity index (χ4v) is 7.59. The molecule has 0 atom stereocenters. The van der Waals surface area contributed by atoms with E-state index in [-0.39, 0.29) is 5.41 Å². The first-order valence-corrected chi connectivity index (χ1v) is 17.2. The first-order chi connectivity index (χ1) is 25.0. The second kappa shape index (κ2) is 11.2. The Morgan fingerprint density at radius 1 is 0.412 bits per heavy atom. The molecule has 0 fully saturated rings. The van der Waals surface area contributed by atoms with Gasteiger partial charge in [-0.2, -0.15) is 0 Å². The summed E-state index contributed by atoms with van der Waals surface area (Å²) in [4.78, 5) is 15.0. The normalized spacial score (nSPS) is 13.4. The molecular formula is C46H31N3O2. The van der Waals surface area contributed by atoms with Crippen LogP contribution in [0.5, 0.6) is 23.0 Å². The number of nitrogens with zero attached hydrogens (tertiary/aromatic N) is 3. The molecule has 0 saturated carbocycles. The molecule has 1 aliphatic heterocycles. The average molecular weight is 658 g/mol. The van der Waals surface area contributed by atoms with Crippen molar-refractivity contribution in [1.29, 1.82) is 0 Å². The maximum atomic E-state index is 6.69. The van der Waals surface area contributed by atoms with E-state index in [1.165, 1.54) is 22.3 Å². The molecular weight excluding hydrogens is 627 g/mol. The molecule has 0 amide bonds. The largest absolute Gasteiger partial charge is 0.449 e. The van der Waals surface area contributed by atoms with E-state index in [2.05, 4.69) is 111 Å². The van der Waals surface area contributed by atoms with Crippen molar-refractivity contribution in [2.45, 2.75) is 19.3 Å². The van der Waals surface area contributed by atoms with Crippen molar-refractivity contribution in [2.24, 2.45) is 0 Å². The van der Waals surface area contributed by atoms with Gasteiger partial charge in [0.2, 0.25) is 0 Å². The van der Waals surface area contributed by atoms with Gasteiger partial charge in [-0.1, -0.05) is 147 Å². The van der Waals surface area contributed by atoms with Crippen LogP contribution in [-0.4, -0.2) is 15.0 Å². The summed E-state index contributed by atoms with van der Waals surface area (Å²) in [5, 5.41) is 2.24. The number of para-hydroxylation sites is 1. The minimum absolute atomic E-state index is 0.121. The molecule has 1 aromatic heterocycles. The van der Waals surface area contributed by atoms with Crippen molar-refractivity contribution in [1.82, 2.24) is 15.0 Å². The van der Waals surface area contributed by atoms with Crippen LogP contribution in [0.4, 0.5) is 0 Å². The van der Waals surface area contributed by atoms with Gasteiger partial charge < -0.3 is 9.47 Å². The molecule has 0 unspecified atom stereocenters. The second-order valence-electron chi connectivity index (χ2n) is 13.6. The minimum atomic E-state index is -0.121. The molecule has 242 valence electrons. The van der Waals surface area contributed by atoms with Crippen molar-refractivity contribution >= 4 is 10.8 Å². The number of benzene rings is 7. The van der Waals surface area contributed by atoms with Crippen LogP contribution in [0, 0.1) is 0 Å². The van der Waals surface area contributed by atoms with Crippen LogP contribution in [0.15, 0.2) is 152 Å². The van der Waals surface area contributed by atoms with Crippen LogP contribution in [0.3, 0.4) is 0 Å². The Morgan fingerprint density at radius 2 is 1.02 bits per heavy atom. The molecule has 2 heterocycles. The van der Waals surface area contributed by atoms with Gasteiger partial charge in [-0.25, -0.2) is 15.0 Å². The van der Waals surface area contributed by atoms with Gasteiger partial charge in [0.25, 0.3) is 0 Å². The van der Waals surface area contributed by atoms with Crippen LogP contribution >= 0.6 is 0 Å². The van der Waals surface area contributed by atoms with E-state index in [0.29, 0.717) is 29.0 Å². The summed E-state index contributed by atoms with van der Waals surface area (Å²) in [7, 11) is 0. The first-order valence-electron chi connectivity index (χ1n) is 17.2. The number of fused-ring (bicyclic) bond motifs is 6. The quantitative estimate of drug-likeness (QED) is 0.188. The smallest absolute Gasteiger partial charge is 0.177 e. The Kier molecular flexibility index (Phi) is 6.46. The molecule has 0 N–H and O–H groups in total. The van der Waals surface area contributed by atoms with Gasteiger partial charge in [-0.3, -0.25) is 0 Å². The third kappa shape index (κ3) is 4.73. The number of hydrogen-bond acceptors (Lipinski definition) is 5. The Morgan fingerprint density at radius 3 is 1.86 bits per heavy atom. The van der Waals surface area contributed by atoms with E-state index in [1.807, 2.05) is 54.6 Å². The molecule has 8 aromatic rings. The topological polar surface area (TPSA) is 57.1 Å². The van der Waals surface area contributed by atoms with Gasteiger partial charge in [0.05, 0.1) is 0 Å². The molecule has 0 bridgehead atoms. The molecule has 2 aliphatic rings. The van der Waals surface area contributed by atoms with Gasteiger partial charge in [-0.05, 0) is 56.8 Å².